The van der Waals surface area contributed by atoms with Crippen LogP contribution in [0.5, 0.6) is 0 Å². The fourth-order valence-electron chi connectivity index (χ4n) is 2.70. The average molecular weight is 434 g/mol. The van der Waals surface area contributed by atoms with Crippen LogP contribution in [0.15, 0.2) is 48.7 Å². The number of rotatable bonds is 4. The van der Waals surface area contributed by atoms with Crippen LogP contribution in [0.3, 0.4) is 0 Å². The molecule has 0 spiro atoms. The Bertz CT molecular complexity index is 1120. The molecule has 0 fully saturated rings. The number of carbonyl (C=O) groups is 1. The summed E-state index contributed by atoms with van der Waals surface area (Å²) in [6.07, 6.45) is 1.71. The van der Waals surface area contributed by atoms with Gasteiger partial charge in [0.15, 0.2) is 5.13 Å². The predicted octanol–water partition coefficient (Wildman–Crippen LogP) is 6.22. The van der Waals surface area contributed by atoms with E-state index in [0.29, 0.717) is 25.9 Å². The Morgan fingerprint density at radius 1 is 1.15 bits per heavy atom. The molecule has 136 valence electrons. The summed E-state index contributed by atoms with van der Waals surface area (Å²) < 4.78 is 1.51. The number of halogens is 2. The number of benzene rings is 1. The van der Waals surface area contributed by atoms with Gasteiger partial charge in [-0.05, 0) is 48.9 Å². The molecule has 0 saturated carbocycles. The maximum absolute atomic E-state index is 13.2. The second kappa shape index (κ2) is 7.56. The molecular weight excluding hydrogens is 421 g/mol. The summed E-state index contributed by atoms with van der Waals surface area (Å²) in [5, 5.41) is 1.26. The largest absolute Gasteiger partial charge is 0.277 e. The molecule has 0 saturated heterocycles. The van der Waals surface area contributed by atoms with Crippen LogP contribution in [-0.4, -0.2) is 15.9 Å². The summed E-state index contributed by atoms with van der Waals surface area (Å²) in [4.78, 5) is 24.4. The molecule has 4 aromatic rings. The highest BCUT2D eigenvalue weighted by atomic mass is 35.5. The number of thiazole rings is 1. The number of thiophene rings is 1. The molecule has 0 aliphatic rings. The van der Waals surface area contributed by atoms with E-state index < -0.39 is 0 Å². The van der Waals surface area contributed by atoms with Crippen molar-refractivity contribution in [3.8, 4) is 0 Å². The minimum absolute atomic E-state index is 0.152. The molecule has 3 heterocycles. The van der Waals surface area contributed by atoms with Crippen LogP contribution in [0.2, 0.25) is 9.36 Å². The second-order valence-corrected chi connectivity index (χ2v) is 9.04. The molecule has 4 nitrogen and oxygen atoms in total. The van der Waals surface area contributed by atoms with E-state index in [1.807, 2.05) is 37.3 Å². The van der Waals surface area contributed by atoms with Gasteiger partial charge in [-0.3, -0.25) is 14.7 Å². The highest BCUT2D eigenvalue weighted by Crippen LogP contribution is 2.35. The molecule has 4 rings (SSSR count). The first-order valence-electron chi connectivity index (χ1n) is 8.05. The molecule has 0 radical (unpaired) electrons. The Labute approximate surface area is 174 Å². The molecule has 0 aliphatic carbocycles. The third-order valence-corrected chi connectivity index (χ3v) is 6.41. The van der Waals surface area contributed by atoms with E-state index in [9.17, 15) is 4.79 Å². The van der Waals surface area contributed by atoms with Gasteiger partial charge in [-0.25, -0.2) is 4.98 Å². The van der Waals surface area contributed by atoms with E-state index >= 15 is 0 Å². The normalized spacial score (nSPS) is 11.1. The Hall–Kier alpha value is -1.99. The fraction of sp³-hybridized carbons (Fsp3) is 0.105. The number of aromatic nitrogens is 2. The van der Waals surface area contributed by atoms with Crippen molar-refractivity contribution in [2.75, 3.05) is 4.90 Å². The zero-order valence-electron chi connectivity index (χ0n) is 14.1. The van der Waals surface area contributed by atoms with Gasteiger partial charge in [0.1, 0.15) is 0 Å². The predicted molar refractivity (Wildman–Crippen MR) is 113 cm³/mol. The van der Waals surface area contributed by atoms with Gasteiger partial charge < -0.3 is 0 Å². The van der Waals surface area contributed by atoms with Crippen LogP contribution in [0.1, 0.15) is 20.9 Å². The molecule has 1 amide bonds. The molecule has 0 unspecified atom stereocenters. The molecule has 3 aromatic heterocycles. The highest BCUT2D eigenvalue weighted by Gasteiger charge is 2.24. The molecule has 0 atom stereocenters. The van der Waals surface area contributed by atoms with Crippen molar-refractivity contribution in [2.45, 2.75) is 13.5 Å². The molecule has 0 aliphatic heterocycles. The second-order valence-electron chi connectivity index (χ2n) is 5.88. The van der Waals surface area contributed by atoms with E-state index in [1.54, 1.807) is 23.2 Å². The summed E-state index contributed by atoms with van der Waals surface area (Å²) in [5.74, 6) is -0.152. The molecular formula is C19H13Cl2N3OS2. The number of carbonyl (C=O) groups excluding carboxylic acids is 1. The van der Waals surface area contributed by atoms with Crippen molar-refractivity contribution < 1.29 is 4.79 Å². The van der Waals surface area contributed by atoms with Crippen LogP contribution < -0.4 is 4.90 Å². The quantitative estimate of drug-likeness (QED) is 0.383. The van der Waals surface area contributed by atoms with Crippen molar-refractivity contribution in [3.63, 3.8) is 0 Å². The number of amides is 1. The average Bonchev–Trinajstić information content (AvgIpc) is 3.26. The van der Waals surface area contributed by atoms with Gasteiger partial charge in [0, 0.05) is 11.2 Å². The Morgan fingerprint density at radius 2 is 2.00 bits per heavy atom. The van der Waals surface area contributed by atoms with Gasteiger partial charge in [-0.1, -0.05) is 40.6 Å². The fourth-order valence-corrected chi connectivity index (χ4v) is 5.11. The summed E-state index contributed by atoms with van der Waals surface area (Å²) in [5.41, 5.74) is 2.61. The Morgan fingerprint density at radius 3 is 2.70 bits per heavy atom. The third kappa shape index (κ3) is 3.84. The number of hydrogen-bond donors (Lipinski definition) is 0. The van der Waals surface area contributed by atoms with Gasteiger partial charge in [0.05, 0.1) is 31.7 Å². The summed E-state index contributed by atoms with van der Waals surface area (Å²) in [7, 11) is 0. The Balaban J connectivity index is 1.79. The lowest BCUT2D eigenvalue weighted by Gasteiger charge is -2.18. The van der Waals surface area contributed by atoms with Crippen molar-refractivity contribution in [1.82, 2.24) is 9.97 Å². The third-order valence-electron chi connectivity index (χ3n) is 3.95. The summed E-state index contributed by atoms with van der Waals surface area (Å²) in [6, 6.07) is 12.8. The zero-order valence-corrected chi connectivity index (χ0v) is 17.3. The molecule has 1 aromatic carbocycles. The zero-order chi connectivity index (χ0) is 19.0. The van der Waals surface area contributed by atoms with E-state index in [4.69, 9.17) is 28.2 Å². The molecule has 0 bridgehead atoms. The van der Waals surface area contributed by atoms with Gasteiger partial charge in [0.25, 0.3) is 5.91 Å². The van der Waals surface area contributed by atoms with Crippen LogP contribution in [-0.2, 0) is 6.54 Å². The lowest BCUT2D eigenvalue weighted by Crippen LogP contribution is -2.30. The van der Waals surface area contributed by atoms with E-state index in [-0.39, 0.29) is 5.91 Å². The molecule has 27 heavy (non-hydrogen) atoms. The minimum Gasteiger partial charge on any atom is -0.277 e. The maximum atomic E-state index is 13.2. The van der Waals surface area contributed by atoms with Gasteiger partial charge in [-0.2, -0.15) is 0 Å². The topological polar surface area (TPSA) is 46.1 Å². The molecule has 0 N–H and O–H groups in total. The van der Waals surface area contributed by atoms with E-state index in [1.165, 1.54) is 22.7 Å². The van der Waals surface area contributed by atoms with Crippen LogP contribution >= 0.6 is 45.9 Å². The van der Waals surface area contributed by atoms with E-state index in [2.05, 4.69) is 4.98 Å². The van der Waals surface area contributed by atoms with Crippen molar-refractivity contribution >= 4 is 67.1 Å². The van der Waals surface area contributed by atoms with Crippen LogP contribution in [0.4, 0.5) is 5.13 Å². The summed E-state index contributed by atoms with van der Waals surface area (Å²) in [6.45, 7) is 2.28. The molecule has 8 heteroatoms. The van der Waals surface area contributed by atoms with Crippen LogP contribution in [0, 0.1) is 6.92 Å². The van der Waals surface area contributed by atoms with Crippen molar-refractivity contribution in [3.05, 3.63) is 74.2 Å². The first-order valence-corrected chi connectivity index (χ1v) is 10.4. The lowest BCUT2D eigenvalue weighted by molar-refractivity contribution is 0.0988. The standard InChI is InChI=1S/C19H13Cl2N3OS2/c1-11-8-12(20)9-15-17(11)23-19(27-15)24(10-13-4-2-3-7-22-13)18(25)14-5-6-16(21)26-14/h2-9H,10H2,1H3. The van der Waals surface area contributed by atoms with Crippen molar-refractivity contribution in [2.24, 2.45) is 0 Å². The number of anilines is 1. The monoisotopic (exact) mass is 433 g/mol. The van der Waals surface area contributed by atoms with E-state index in [0.717, 1.165) is 21.5 Å². The van der Waals surface area contributed by atoms with Crippen molar-refractivity contribution in [1.29, 1.82) is 0 Å². The first kappa shape index (κ1) is 18.4. The minimum atomic E-state index is -0.152. The van der Waals surface area contributed by atoms with Gasteiger partial charge in [0.2, 0.25) is 0 Å². The van der Waals surface area contributed by atoms with Crippen LogP contribution in [0.25, 0.3) is 10.2 Å². The smallest absolute Gasteiger partial charge is 0.270 e. The number of nitrogens with zero attached hydrogens (tertiary/aromatic N) is 3. The summed E-state index contributed by atoms with van der Waals surface area (Å²) >= 11 is 14.9. The van der Waals surface area contributed by atoms with Gasteiger partial charge >= 0.3 is 0 Å². The number of hydrogen-bond acceptors (Lipinski definition) is 5. The number of aryl methyl sites for hydroxylation is 1. The van der Waals surface area contributed by atoms with Gasteiger partial charge in [-0.15, -0.1) is 11.3 Å². The highest BCUT2D eigenvalue weighted by molar-refractivity contribution is 7.22. The number of fused-ring (bicyclic) bond motifs is 1. The lowest BCUT2D eigenvalue weighted by atomic mass is 10.2. The SMILES string of the molecule is Cc1cc(Cl)cc2sc(N(Cc3ccccn3)C(=O)c3ccc(Cl)s3)nc12. The first-order chi connectivity index (χ1) is 13.0. The Kier molecular flexibility index (Phi) is 5.14. The number of pyridine rings is 1. The maximum Gasteiger partial charge on any atom is 0.270 e.